The average Bonchev–Trinajstić information content (AvgIpc) is 3.27. The molecule has 156 valence electrons. The molecule has 1 heterocycles. The summed E-state index contributed by atoms with van der Waals surface area (Å²) in [4.78, 5) is 12.5. The van der Waals surface area contributed by atoms with Crippen molar-refractivity contribution in [3.05, 3.63) is 59.8 Å². The van der Waals surface area contributed by atoms with E-state index in [2.05, 4.69) is 20.7 Å². The van der Waals surface area contributed by atoms with Gasteiger partial charge in [0.1, 0.15) is 22.9 Å². The fourth-order valence-electron chi connectivity index (χ4n) is 2.81. The Hall–Kier alpha value is -3.81. The Labute approximate surface area is 174 Å². The monoisotopic (exact) mass is 408 g/mol. The molecule has 0 aliphatic heterocycles. The number of carbonyl (C=O) groups excluding carboxylic acids is 1. The topological polar surface area (TPSA) is 97.8 Å². The van der Waals surface area contributed by atoms with Crippen molar-refractivity contribution in [2.24, 2.45) is 5.10 Å². The number of hydrazone groups is 1. The van der Waals surface area contributed by atoms with Crippen LogP contribution in [0.1, 0.15) is 29.9 Å². The van der Waals surface area contributed by atoms with Crippen LogP contribution in [0, 0.1) is 0 Å². The summed E-state index contributed by atoms with van der Waals surface area (Å²) in [6.07, 6.45) is 0. The van der Waals surface area contributed by atoms with E-state index in [1.54, 1.807) is 38.5 Å². The molecule has 0 bridgehead atoms. The van der Waals surface area contributed by atoms with Gasteiger partial charge in [0.05, 0.1) is 32.2 Å². The van der Waals surface area contributed by atoms with Crippen molar-refractivity contribution in [3.63, 3.8) is 0 Å². The lowest BCUT2D eigenvalue weighted by Gasteiger charge is -2.08. The van der Waals surface area contributed by atoms with Gasteiger partial charge in [-0.05, 0) is 67.9 Å². The maximum Gasteiger partial charge on any atom is 0.289 e. The predicted octanol–water partition coefficient (Wildman–Crippen LogP) is 3.65. The first-order valence-electron chi connectivity index (χ1n) is 9.41. The molecule has 0 saturated carbocycles. The van der Waals surface area contributed by atoms with E-state index in [9.17, 15) is 4.79 Å². The van der Waals surface area contributed by atoms with Gasteiger partial charge in [0.25, 0.3) is 5.91 Å². The summed E-state index contributed by atoms with van der Waals surface area (Å²) in [7, 11) is 3.16. The normalized spacial score (nSPS) is 11.1. The van der Waals surface area contributed by atoms with Crippen LogP contribution in [-0.4, -0.2) is 42.6 Å². The Morgan fingerprint density at radius 1 is 1.07 bits per heavy atom. The molecule has 0 aliphatic carbocycles. The van der Waals surface area contributed by atoms with E-state index < -0.39 is 5.91 Å². The first-order valence-corrected chi connectivity index (χ1v) is 9.41. The van der Waals surface area contributed by atoms with Gasteiger partial charge in [0, 0.05) is 5.56 Å². The zero-order valence-corrected chi connectivity index (χ0v) is 17.4. The molecule has 2 aromatic carbocycles. The molecule has 0 atom stereocenters. The highest BCUT2D eigenvalue weighted by Crippen LogP contribution is 2.32. The summed E-state index contributed by atoms with van der Waals surface area (Å²) in [5, 5.41) is 11.1. The lowest BCUT2D eigenvalue weighted by Crippen LogP contribution is -2.19. The molecule has 3 rings (SSSR count). The van der Waals surface area contributed by atoms with Gasteiger partial charge in [-0.15, -0.1) is 0 Å². The average molecular weight is 408 g/mol. The number of ether oxygens (including phenoxy) is 3. The Kier molecular flexibility index (Phi) is 6.69. The zero-order valence-electron chi connectivity index (χ0n) is 17.4. The van der Waals surface area contributed by atoms with Crippen LogP contribution in [0.3, 0.4) is 0 Å². The van der Waals surface area contributed by atoms with E-state index in [0.29, 0.717) is 35.1 Å². The zero-order chi connectivity index (χ0) is 21.5. The standard InChI is InChI=1S/C22H24N4O4/c1-5-30-16-8-6-15(7-9-16)14(2)23-26-22(27)20-13-19(24-25-20)18-12-17(28-3)10-11-21(18)29-4/h6-13H,5H2,1-4H3,(H,24,25)(H,26,27)/b23-14-. The Morgan fingerprint density at radius 2 is 1.80 bits per heavy atom. The number of H-pyrrole nitrogens is 1. The van der Waals surface area contributed by atoms with Crippen molar-refractivity contribution in [2.75, 3.05) is 20.8 Å². The van der Waals surface area contributed by atoms with Gasteiger partial charge >= 0.3 is 0 Å². The summed E-state index contributed by atoms with van der Waals surface area (Å²) < 4.78 is 16.1. The van der Waals surface area contributed by atoms with E-state index >= 15 is 0 Å². The molecule has 0 radical (unpaired) electrons. The van der Waals surface area contributed by atoms with Crippen LogP contribution < -0.4 is 19.6 Å². The number of hydrogen-bond donors (Lipinski definition) is 2. The van der Waals surface area contributed by atoms with E-state index in [-0.39, 0.29) is 5.69 Å². The van der Waals surface area contributed by atoms with E-state index in [1.807, 2.05) is 38.1 Å². The van der Waals surface area contributed by atoms with Crippen molar-refractivity contribution >= 4 is 11.6 Å². The highest BCUT2D eigenvalue weighted by Gasteiger charge is 2.15. The molecule has 2 N–H and O–H groups in total. The summed E-state index contributed by atoms with van der Waals surface area (Å²) in [5.41, 5.74) is 5.63. The first kappa shape index (κ1) is 20.9. The number of hydrogen-bond acceptors (Lipinski definition) is 6. The number of amides is 1. The third-order valence-electron chi connectivity index (χ3n) is 4.41. The summed E-state index contributed by atoms with van der Waals surface area (Å²) in [6.45, 7) is 4.35. The third kappa shape index (κ3) is 4.78. The van der Waals surface area contributed by atoms with E-state index in [1.165, 1.54) is 0 Å². The van der Waals surface area contributed by atoms with Gasteiger partial charge in [-0.25, -0.2) is 5.43 Å². The first-order chi connectivity index (χ1) is 14.5. The SMILES string of the molecule is CCOc1ccc(/C(C)=N\NC(=O)c2cc(-c3cc(OC)ccc3OC)n[nH]2)cc1. The van der Waals surface area contributed by atoms with Crippen molar-refractivity contribution in [2.45, 2.75) is 13.8 Å². The largest absolute Gasteiger partial charge is 0.497 e. The molecule has 0 saturated heterocycles. The predicted molar refractivity (Wildman–Crippen MR) is 114 cm³/mol. The van der Waals surface area contributed by atoms with Gasteiger partial charge < -0.3 is 14.2 Å². The number of nitrogens with one attached hydrogen (secondary N) is 2. The smallest absolute Gasteiger partial charge is 0.289 e. The van der Waals surface area contributed by atoms with Crippen molar-refractivity contribution in [3.8, 4) is 28.5 Å². The maximum absolute atomic E-state index is 12.5. The van der Waals surface area contributed by atoms with Crippen LogP contribution in [0.5, 0.6) is 17.2 Å². The Morgan fingerprint density at radius 3 is 2.47 bits per heavy atom. The Balaban J connectivity index is 1.73. The molecule has 3 aromatic rings. The van der Waals surface area contributed by atoms with Crippen LogP contribution in [0.2, 0.25) is 0 Å². The van der Waals surface area contributed by atoms with E-state index in [4.69, 9.17) is 14.2 Å². The highest BCUT2D eigenvalue weighted by atomic mass is 16.5. The van der Waals surface area contributed by atoms with Gasteiger partial charge in [-0.2, -0.15) is 10.2 Å². The second-order valence-electron chi connectivity index (χ2n) is 6.33. The summed E-state index contributed by atoms with van der Waals surface area (Å²) in [6, 6.07) is 14.5. The highest BCUT2D eigenvalue weighted by molar-refractivity contribution is 6.00. The fourth-order valence-corrected chi connectivity index (χ4v) is 2.81. The van der Waals surface area contributed by atoms with E-state index in [0.717, 1.165) is 11.3 Å². The number of carbonyl (C=O) groups is 1. The molecule has 30 heavy (non-hydrogen) atoms. The molecule has 0 aliphatic rings. The Bertz CT molecular complexity index is 1040. The molecule has 0 unspecified atom stereocenters. The minimum atomic E-state index is -0.402. The number of rotatable bonds is 8. The molecule has 1 amide bonds. The lowest BCUT2D eigenvalue weighted by atomic mass is 10.1. The van der Waals surface area contributed by atoms with Crippen LogP contribution in [0.25, 0.3) is 11.3 Å². The van der Waals surface area contributed by atoms with Gasteiger partial charge in [0.15, 0.2) is 0 Å². The molecule has 0 fully saturated rings. The summed E-state index contributed by atoms with van der Waals surface area (Å²) >= 11 is 0. The number of aromatic nitrogens is 2. The van der Waals surface area contributed by atoms with Crippen molar-refractivity contribution < 1.29 is 19.0 Å². The number of nitrogens with zero attached hydrogens (tertiary/aromatic N) is 2. The minimum absolute atomic E-state index is 0.276. The van der Waals surface area contributed by atoms with Crippen LogP contribution in [0.4, 0.5) is 0 Å². The fraction of sp³-hybridized carbons (Fsp3) is 0.227. The maximum atomic E-state index is 12.5. The number of benzene rings is 2. The van der Waals surface area contributed by atoms with Crippen LogP contribution in [-0.2, 0) is 0 Å². The molecule has 0 spiro atoms. The quantitative estimate of drug-likeness (QED) is 0.438. The molecular weight excluding hydrogens is 384 g/mol. The van der Waals surface area contributed by atoms with Gasteiger partial charge in [-0.1, -0.05) is 0 Å². The number of aromatic amines is 1. The van der Waals surface area contributed by atoms with Crippen LogP contribution >= 0.6 is 0 Å². The molecule has 1 aromatic heterocycles. The second-order valence-corrected chi connectivity index (χ2v) is 6.33. The molecule has 8 heteroatoms. The number of methoxy groups -OCH3 is 2. The lowest BCUT2D eigenvalue weighted by molar-refractivity contribution is 0.0950. The van der Waals surface area contributed by atoms with Gasteiger partial charge in [-0.3, -0.25) is 9.89 Å². The molecular formula is C22H24N4O4. The van der Waals surface area contributed by atoms with Crippen LogP contribution in [0.15, 0.2) is 53.6 Å². The van der Waals surface area contributed by atoms with Gasteiger partial charge in [0.2, 0.25) is 0 Å². The molecule has 8 nitrogen and oxygen atoms in total. The van der Waals surface area contributed by atoms with Crippen molar-refractivity contribution in [1.29, 1.82) is 0 Å². The second kappa shape index (κ2) is 9.60. The third-order valence-corrected chi connectivity index (χ3v) is 4.41. The minimum Gasteiger partial charge on any atom is -0.497 e. The summed E-state index contributed by atoms with van der Waals surface area (Å²) in [5.74, 6) is 1.67. The van der Waals surface area contributed by atoms with Crippen molar-refractivity contribution in [1.82, 2.24) is 15.6 Å².